The second-order valence-electron chi connectivity index (χ2n) is 9.48. The lowest BCUT2D eigenvalue weighted by molar-refractivity contribution is -0.0379. The number of ether oxygens (including phenoxy) is 3. The Morgan fingerprint density at radius 3 is 2.78 bits per heavy atom. The van der Waals surface area contributed by atoms with Gasteiger partial charge in [-0.2, -0.15) is 0 Å². The third-order valence-electron chi connectivity index (χ3n) is 6.52. The van der Waals surface area contributed by atoms with Crippen molar-refractivity contribution in [3.63, 3.8) is 0 Å². The topological polar surface area (TPSA) is 79.9 Å². The molecule has 0 N–H and O–H groups in total. The van der Waals surface area contributed by atoms with Crippen LogP contribution in [0, 0.1) is 0 Å². The predicted octanol–water partition coefficient (Wildman–Crippen LogP) is 4.97. The van der Waals surface area contributed by atoms with Crippen LogP contribution in [0.5, 0.6) is 11.5 Å². The molecule has 0 saturated heterocycles. The Bertz CT molecular complexity index is 1700. The zero-order valence-electron chi connectivity index (χ0n) is 19.7. The van der Waals surface area contributed by atoms with Crippen LogP contribution in [0.15, 0.2) is 58.5 Å². The molecule has 5 aromatic rings. The maximum absolute atomic E-state index is 14.0. The fraction of sp³-hybridized carbons (Fsp3) is 0.269. The van der Waals surface area contributed by atoms with Crippen molar-refractivity contribution in [3.05, 3.63) is 74.9 Å². The normalized spacial score (nSPS) is 16.1. The largest absolute Gasteiger partial charge is 0.454 e. The van der Waals surface area contributed by atoms with Crippen LogP contribution in [0.2, 0.25) is 0 Å². The Morgan fingerprint density at radius 1 is 1.08 bits per heavy atom. The van der Waals surface area contributed by atoms with E-state index in [9.17, 15) is 4.79 Å². The Kier molecular flexibility index (Phi) is 4.92. The molecule has 2 aromatic carbocycles. The highest BCUT2D eigenvalue weighted by Crippen LogP contribution is 2.40. The van der Waals surface area contributed by atoms with Crippen molar-refractivity contribution in [3.8, 4) is 17.2 Å². The monoisotopic (exact) mass is 518 g/mol. The van der Waals surface area contributed by atoms with Crippen LogP contribution in [0.25, 0.3) is 21.7 Å². The molecule has 2 aliphatic rings. The molecule has 0 amide bonds. The Labute approximate surface area is 214 Å². The van der Waals surface area contributed by atoms with Crippen LogP contribution in [0.4, 0.5) is 0 Å². The molecule has 36 heavy (non-hydrogen) atoms. The highest BCUT2D eigenvalue weighted by Gasteiger charge is 2.32. The number of aromatic nitrogens is 4. The van der Waals surface area contributed by atoms with Crippen molar-refractivity contribution in [2.24, 2.45) is 0 Å². The zero-order valence-corrected chi connectivity index (χ0v) is 21.3. The summed E-state index contributed by atoms with van der Waals surface area (Å²) in [7, 11) is 0. The van der Waals surface area contributed by atoms with Crippen molar-refractivity contribution < 1.29 is 14.2 Å². The number of benzene rings is 2. The summed E-state index contributed by atoms with van der Waals surface area (Å²) in [5, 5.41) is 10.5. The number of para-hydroxylation sites is 1. The van der Waals surface area contributed by atoms with Gasteiger partial charge in [0, 0.05) is 17.1 Å². The van der Waals surface area contributed by atoms with Crippen molar-refractivity contribution >= 4 is 39.1 Å². The first-order valence-electron chi connectivity index (χ1n) is 11.6. The molecule has 2 aliphatic heterocycles. The summed E-state index contributed by atoms with van der Waals surface area (Å²) in [6.45, 7) is 4.88. The van der Waals surface area contributed by atoms with Gasteiger partial charge in [-0.15, -0.1) is 21.5 Å². The van der Waals surface area contributed by atoms with Gasteiger partial charge in [0.25, 0.3) is 5.56 Å². The molecule has 0 aliphatic carbocycles. The quantitative estimate of drug-likeness (QED) is 0.311. The highest BCUT2D eigenvalue weighted by molar-refractivity contribution is 7.98. The second-order valence-corrected chi connectivity index (χ2v) is 11.5. The summed E-state index contributed by atoms with van der Waals surface area (Å²) < 4.78 is 20.7. The molecule has 0 bridgehead atoms. The van der Waals surface area contributed by atoms with E-state index in [0.29, 0.717) is 24.6 Å². The molecule has 3 aromatic heterocycles. The fourth-order valence-electron chi connectivity index (χ4n) is 4.79. The van der Waals surface area contributed by atoms with E-state index in [1.165, 1.54) is 0 Å². The number of thiophene rings is 1. The van der Waals surface area contributed by atoms with Gasteiger partial charge in [0.15, 0.2) is 16.7 Å². The first-order chi connectivity index (χ1) is 17.5. The van der Waals surface area contributed by atoms with Crippen LogP contribution in [-0.2, 0) is 23.5 Å². The first-order valence-corrected chi connectivity index (χ1v) is 13.4. The molecule has 7 rings (SSSR count). The molecule has 0 fully saturated rings. The molecule has 182 valence electrons. The molecule has 0 saturated carbocycles. The summed E-state index contributed by atoms with van der Waals surface area (Å²) in [5.41, 5.74) is 2.53. The Morgan fingerprint density at radius 2 is 1.92 bits per heavy atom. The van der Waals surface area contributed by atoms with E-state index in [0.717, 1.165) is 48.6 Å². The third kappa shape index (κ3) is 3.43. The maximum atomic E-state index is 14.0. The van der Waals surface area contributed by atoms with Gasteiger partial charge in [0.1, 0.15) is 4.83 Å². The lowest BCUT2D eigenvalue weighted by atomic mass is 9.94. The highest BCUT2D eigenvalue weighted by atomic mass is 32.2. The number of rotatable bonds is 4. The minimum absolute atomic E-state index is 0.0707. The second kappa shape index (κ2) is 8.09. The third-order valence-corrected chi connectivity index (χ3v) is 8.72. The molecular weight excluding hydrogens is 496 g/mol. The molecule has 8 nitrogen and oxygen atoms in total. The van der Waals surface area contributed by atoms with Gasteiger partial charge in [-0.1, -0.05) is 36.0 Å². The minimum atomic E-state index is -0.329. The molecular formula is C26H22N4O4S2. The van der Waals surface area contributed by atoms with Crippen LogP contribution in [0.3, 0.4) is 0 Å². The molecule has 5 heterocycles. The van der Waals surface area contributed by atoms with Gasteiger partial charge in [0.05, 0.1) is 23.3 Å². The summed E-state index contributed by atoms with van der Waals surface area (Å²) in [6, 6.07) is 15.6. The van der Waals surface area contributed by atoms with Crippen molar-refractivity contribution in [2.45, 2.75) is 43.4 Å². The SMILES string of the molecule is CC1(C)Cc2c(sc3c2c(=O)n(-c2ccccc2)c2nnc(SCc4ccc5c(c4)OCO5)n32)CO1. The maximum Gasteiger partial charge on any atom is 0.268 e. The lowest BCUT2D eigenvalue weighted by Crippen LogP contribution is -2.32. The van der Waals surface area contributed by atoms with Crippen LogP contribution < -0.4 is 15.0 Å². The minimum Gasteiger partial charge on any atom is -0.454 e. The van der Waals surface area contributed by atoms with Gasteiger partial charge in [-0.05, 0) is 49.2 Å². The molecule has 0 atom stereocenters. The number of hydrogen-bond acceptors (Lipinski definition) is 8. The number of fused-ring (bicyclic) bond motifs is 6. The van der Waals surface area contributed by atoms with Gasteiger partial charge < -0.3 is 14.2 Å². The molecule has 10 heteroatoms. The zero-order chi connectivity index (χ0) is 24.4. The van der Waals surface area contributed by atoms with Gasteiger partial charge in [0.2, 0.25) is 12.6 Å². The summed E-state index contributed by atoms with van der Waals surface area (Å²) in [5.74, 6) is 2.70. The van der Waals surface area contributed by atoms with Gasteiger partial charge in [-0.25, -0.2) is 8.97 Å². The smallest absolute Gasteiger partial charge is 0.268 e. The van der Waals surface area contributed by atoms with E-state index in [4.69, 9.17) is 14.2 Å². The van der Waals surface area contributed by atoms with E-state index < -0.39 is 0 Å². The van der Waals surface area contributed by atoms with Crippen LogP contribution in [-0.4, -0.2) is 31.6 Å². The molecule has 0 spiro atoms. The lowest BCUT2D eigenvalue weighted by Gasteiger charge is -2.29. The average molecular weight is 519 g/mol. The van der Waals surface area contributed by atoms with Gasteiger partial charge >= 0.3 is 0 Å². The van der Waals surface area contributed by atoms with E-state index in [1.54, 1.807) is 27.7 Å². The van der Waals surface area contributed by atoms with Crippen molar-refractivity contribution in [1.82, 2.24) is 19.2 Å². The van der Waals surface area contributed by atoms with Crippen LogP contribution >= 0.6 is 23.1 Å². The van der Waals surface area contributed by atoms with E-state index in [1.807, 2.05) is 52.9 Å². The summed E-state index contributed by atoms with van der Waals surface area (Å²) in [6.07, 6.45) is 0.680. The fourth-order valence-corrected chi connectivity index (χ4v) is 6.94. The standard InChI is InChI=1S/C26H22N4O4S2/c1-26(2)11-17-20(12-34-26)36-23-21(17)22(31)29(16-6-4-3-5-7-16)24-27-28-25(30(23)24)35-13-15-8-9-18-19(10-15)33-14-32-18/h3-10H,11-14H2,1-2H3. The Hall–Kier alpha value is -3.34. The first kappa shape index (κ1) is 21.9. The van der Waals surface area contributed by atoms with E-state index in [-0.39, 0.29) is 18.0 Å². The van der Waals surface area contributed by atoms with E-state index >= 15 is 0 Å². The van der Waals surface area contributed by atoms with Gasteiger partial charge in [-0.3, -0.25) is 4.79 Å². The average Bonchev–Trinajstić information content (AvgIpc) is 3.59. The predicted molar refractivity (Wildman–Crippen MR) is 139 cm³/mol. The molecule has 0 unspecified atom stereocenters. The van der Waals surface area contributed by atoms with E-state index in [2.05, 4.69) is 24.0 Å². The van der Waals surface area contributed by atoms with Crippen molar-refractivity contribution in [2.75, 3.05) is 6.79 Å². The number of thioether (sulfide) groups is 1. The summed E-state index contributed by atoms with van der Waals surface area (Å²) >= 11 is 3.18. The Balaban J connectivity index is 1.41. The molecule has 0 radical (unpaired) electrons. The van der Waals surface area contributed by atoms with Crippen molar-refractivity contribution in [1.29, 1.82) is 0 Å². The van der Waals surface area contributed by atoms with Crippen LogP contribution in [0.1, 0.15) is 29.9 Å². The number of nitrogens with zero attached hydrogens (tertiary/aromatic N) is 4. The number of hydrogen-bond donors (Lipinski definition) is 0. The summed E-state index contributed by atoms with van der Waals surface area (Å²) in [4.78, 5) is 16.0.